The van der Waals surface area contributed by atoms with Crippen molar-refractivity contribution in [3.8, 4) is 0 Å². The SMILES string of the molecule is CCOC(=O)c1cc(N)nn1CC(C)C. The van der Waals surface area contributed by atoms with E-state index >= 15 is 0 Å². The number of carbonyl (C=O) groups excluding carboxylic acids is 1. The van der Waals surface area contributed by atoms with E-state index < -0.39 is 0 Å². The van der Waals surface area contributed by atoms with Crippen LogP contribution in [0, 0.1) is 5.92 Å². The number of hydrogen-bond acceptors (Lipinski definition) is 4. The highest BCUT2D eigenvalue weighted by Gasteiger charge is 2.15. The Morgan fingerprint density at radius 1 is 1.67 bits per heavy atom. The Labute approximate surface area is 89.2 Å². The van der Waals surface area contributed by atoms with Gasteiger partial charge in [0.1, 0.15) is 11.5 Å². The number of rotatable bonds is 4. The molecule has 0 unspecified atom stereocenters. The second kappa shape index (κ2) is 4.82. The van der Waals surface area contributed by atoms with Crippen molar-refractivity contribution in [1.82, 2.24) is 9.78 Å². The summed E-state index contributed by atoms with van der Waals surface area (Å²) in [6, 6.07) is 1.54. The fraction of sp³-hybridized carbons (Fsp3) is 0.600. The number of nitrogens with zero attached hydrogens (tertiary/aromatic N) is 2. The predicted octanol–water partition coefficient (Wildman–Crippen LogP) is 1.30. The second-order valence-electron chi connectivity index (χ2n) is 3.75. The Balaban J connectivity index is 2.90. The van der Waals surface area contributed by atoms with Crippen LogP contribution in [-0.4, -0.2) is 22.4 Å². The smallest absolute Gasteiger partial charge is 0.356 e. The average molecular weight is 211 g/mol. The van der Waals surface area contributed by atoms with Crippen LogP contribution in [0.1, 0.15) is 31.3 Å². The van der Waals surface area contributed by atoms with Crippen molar-refractivity contribution in [2.24, 2.45) is 5.92 Å². The highest BCUT2D eigenvalue weighted by Crippen LogP contribution is 2.10. The van der Waals surface area contributed by atoms with Gasteiger partial charge in [0.2, 0.25) is 0 Å². The maximum atomic E-state index is 11.5. The summed E-state index contributed by atoms with van der Waals surface area (Å²) in [6.45, 7) is 6.88. The van der Waals surface area contributed by atoms with Crippen molar-refractivity contribution in [3.63, 3.8) is 0 Å². The van der Waals surface area contributed by atoms with Gasteiger partial charge >= 0.3 is 5.97 Å². The van der Waals surface area contributed by atoms with Gasteiger partial charge in [0.15, 0.2) is 0 Å². The first kappa shape index (κ1) is 11.6. The minimum Gasteiger partial charge on any atom is -0.461 e. The van der Waals surface area contributed by atoms with Crippen LogP contribution in [-0.2, 0) is 11.3 Å². The van der Waals surface area contributed by atoms with E-state index in [1.165, 1.54) is 0 Å². The van der Waals surface area contributed by atoms with Crippen LogP contribution >= 0.6 is 0 Å². The highest BCUT2D eigenvalue weighted by molar-refractivity contribution is 5.88. The molecule has 0 amide bonds. The fourth-order valence-electron chi connectivity index (χ4n) is 1.29. The summed E-state index contributed by atoms with van der Waals surface area (Å²) in [5.74, 6) is 0.374. The summed E-state index contributed by atoms with van der Waals surface area (Å²) in [7, 11) is 0. The lowest BCUT2D eigenvalue weighted by atomic mass is 10.2. The zero-order valence-corrected chi connectivity index (χ0v) is 9.36. The van der Waals surface area contributed by atoms with Crippen LogP contribution in [0.2, 0.25) is 0 Å². The van der Waals surface area contributed by atoms with Gasteiger partial charge in [0.05, 0.1) is 6.61 Å². The molecule has 0 saturated heterocycles. The molecular formula is C10H17N3O2. The molecule has 0 aromatic carbocycles. The van der Waals surface area contributed by atoms with E-state index in [1.54, 1.807) is 17.7 Å². The minimum atomic E-state index is -0.373. The monoisotopic (exact) mass is 211 g/mol. The summed E-state index contributed by atoms with van der Waals surface area (Å²) in [5, 5.41) is 4.05. The maximum absolute atomic E-state index is 11.5. The molecule has 0 saturated carbocycles. The number of esters is 1. The quantitative estimate of drug-likeness (QED) is 0.762. The van der Waals surface area contributed by atoms with Crippen molar-refractivity contribution < 1.29 is 9.53 Å². The lowest BCUT2D eigenvalue weighted by Gasteiger charge is -2.08. The molecule has 0 fully saturated rings. The van der Waals surface area contributed by atoms with Crippen LogP contribution < -0.4 is 5.73 Å². The molecule has 0 spiro atoms. The number of anilines is 1. The van der Waals surface area contributed by atoms with Crippen LogP contribution in [0.5, 0.6) is 0 Å². The van der Waals surface area contributed by atoms with Gasteiger partial charge in [0.25, 0.3) is 0 Å². The molecule has 0 bridgehead atoms. The summed E-state index contributed by atoms with van der Waals surface area (Å²) >= 11 is 0. The normalized spacial score (nSPS) is 10.7. The van der Waals surface area contributed by atoms with Crippen LogP contribution in [0.4, 0.5) is 5.82 Å². The average Bonchev–Trinajstić information content (AvgIpc) is 2.46. The Morgan fingerprint density at radius 2 is 2.33 bits per heavy atom. The van der Waals surface area contributed by atoms with Crippen molar-refractivity contribution in [3.05, 3.63) is 11.8 Å². The van der Waals surface area contributed by atoms with Gasteiger partial charge in [-0.25, -0.2) is 4.79 Å². The van der Waals surface area contributed by atoms with Gasteiger partial charge in [-0.1, -0.05) is 13.8 Å². The lowest BCUT2D eigenvalue weighted by molar-refractivity contribution is 0.0511. The molecule has 1 aromatic heterocycles. The van der Waals surface area contributed by atoms with E-state index in [0.29, 0.717) is 30.6 Å². The Bertz CT molecular complexity index is 344. The van der Waals surface area contributed by atoms with Crippen molar-refractivity contribution in [1.29, 1.82) is 0 Å². The molecule has 84 valence electrons. The first-order valence-corrected chi connectivity index (χ1v) is 5.05. The number of carbonyl (C=O) groups is 1. The van der Waals surface area contributed by atoms with E-state index in [4.69, 9.17) is 10.5 Å². The zero-order valence-electron chi connectivity index (χ0n) is 9.36. The molecular weight excluding hydrogens is 194 g/mol. The zero-order chi connectivity index (χ0) is 11.4. The predicted molar refractivity (Wildman–Crippen MR) is 57.4 cm³/mol. The molecule has 1 rings (SSSR count). The maximum Gasteiger partial charge on any atom is 0.356 e. The first-order chi connectivity index (χ1) is 7.04. The Hall–Kier alpha value is -1.52. The first-order valence-electron chi connectivity index (χ1n) is 5.05. The number of hydrogen-bond donors (Lipinski definition) is 1. The van der Waals surface area contributed by atoms with Crippen LogP contribution in [0.15, 0.2) is 6.07 Å². The summed E-state index contributed by atoms with van der Waals surface area (Å²) in [6.07, 6.45) is 0. The highest BCUT2D eigenvalue weighted by atomic mass is 16.5. The summed E-state index contributed by atoms with van der Waals surface area (Å²) in [4.78, 5) is 11.5. The molecule has 0 aliphatic rings. The molecule has 0 radical (unpaired) electrons. The Kier molecular flexibility index (Phi) is 3.71. The number of ether oxygens (including phenoxy) is 1. The molecule has 0 atom stereocenters. The number of aromatic nitrogens is 2. The molecule has 0 aliphatic carbocycles. The van der Waals surface area contributed by atoms with E-state index in [2.05, 4.69) is 5.10 Å². The van der Waals surface area contributed by atoms with E-state index in [9.17, 15) is 4.79 Å². The molecule has 5 heteroatoms. The van der Waals surface area contributed by atoms with Gasteiger partial charge in [-0.05, 0) is 12.8 Å². The molecule has 15 heavy (non-hydrogen) atoms. The standard InChI is InChI=1S/C10H17N3O2/c1-4-15-10(14)8-5-9(11)12-13(8)6-7(2)3/h5,7H,4,6H2,1-3H3,(H2,11,12). The third-order valence-corrected chi connectivity index (χ3v) is 1.82. The van der Waals surface area contributed by atoms with E-state index in [1.807, 2.05) is 13.8 Å². The van der Waals surface area contributed by atoms with E-state index in [-0.39, 0.29) is 5.97 Å². The summed E-state index contributed by atoms with van der Waals surface area (Å²) < 4.78 is 6.50. The largest absolute Gasteiger partial charge is 0.461 e. The number of nitrogen functional groups attached to an aromatic ring is 1. The van der Waals surface area contributed by atoms with Crippen molar-refractivity contribution >= 4 is 11.8 Å². The second-order valence-corrected chi connectivity index (χ2v) is 3.75. The molecule has 5 nitrogen and oxygen atoms in total. The van der Waals surface area contributed by atoms with Crippen LogP contribution in [0.25, 0.3) is 0 Å². The van der Waals surface area contributed by atoms with Crippen LogP contribution in [0.3, 0.4) is 0 Å². The lowest BCUT2D eigenvalue weighted by Crippen LogP contribution is -2.15. The van der Waals surface area contributed by atoms with E-state index in [0.717, 1.165) is 0 Å². The van der Waals surface area contributed by atoms with Gasteiger partial charge in [0, 0.05) is 12.6 Å². The topological polar surface area (TPSA) is 70.1 Å². The molecule has 1 heterocycles. The summed E-state index contributed by atoms with van der Waals surface area (Å²) in [5.41, 5.74) is 5.97. The van der Waals surface area contributed by atoms with Crippen molar-refractivity contribution in [2.75, 3.05) is 12.3 Å². The fourth-order valence-corrected chi connectivity index (χ4v) is 1.29. The van der Waals surface area contributed by atoms with Gasteiger partial charge in [-0.3, -0.25) is 4.68 Å². The molecule has 2 N–H and O–H groups in total. The van der Waals surface area contributed by atoms with Gasteiger partial charge in [-0.2, -0.15) is 5.10 Å². The Morgan fingerprint density at radius 3 is 2.87 bits per heavy atom. The molecule has 1 aromatic rings. The third kappa shape index (κ3) is 2.97. The van der Waals surface area contributed by atoms with Gasteiger partial charge < -0.3 is 10.5 Å². The van der Waals surface area contributed by atoms with Crippen molar-refractivity contribution in [2.45, 2.75) is 27.3 Å². The third-order valence-electron chi connectivity index (χ3n) is 1.82. The molecule has 0 aliphatic heterocycles. The minimum absolute atomic E-state index is 0.346. The number of nitrogens with two attached hydrogens (primary N) is 1. The van der Waals surface area contributed by atoms with Gasteiger partial charge in [-0.15, -0.1) is 0 Å².